The molecule has 5 aromatic rings. The van der Waals surface area contributed by atoms with Crippen LogP contribution >= 0.6 is 0 Å². The quantitative estimate of drug-likeness (QED) is 0.246. The van der Waals surface area contributed by atoms with E-state index in [2.05, 4.69) is 0 Å². The van der Waals surface area contributed by atoms with Crippen LogP contribution in [0.25, 0.3) is 11.4 Å². The first-order chi connectivity index (χ1) is 18.9. The van der Waals surface area contributed by atoms with Gasteiger partial charge in [0.15, 0.2) is 0 Å². The van der Waals surface area contributed by atoms with Gasteiger partial charge in [-0.25, -0.2) is 9.36 Å². The molecule has 0 spiro atoms. The number of hydrogen-bond acceptors (Lipinski definition) is 3. The molecular formula is C27H18F6N4O3. The fourth-order valence-electron chi connectivity index (χ4n) is 4.53. The molecule has 40 heavy (non-hydrogen) atoms. The summed E-state index contributed by atoms with van der Waals surface area (Å²) in [6.45, 7) is 0. The number of nitrogens with one attached hydrogen (secondary N) is 2. The van der Waals surface area contributed by atoms with E-state index in [1.54, 1.807) is 12.1 Å². The number of para-hydroxylation sites is 2. The van der Waals surface area contributed by atoms with Crippen LogP contribution in [0.2, 0.25) is 0 Å². The fourth-order valence-corrected chi connectivity index (χ4v) is 4.53. The maximum absolute atomic E-state index is 14.4. The number of aromatic amines is 2. The highest BCUT2D eigenvalue weighted by Crippen LogP contribution is 2.42. The topological polar surface area (TPSA) is 95.8 Å². The highest BCUT2D eigenvalue weighted by atomic mass is 19.4. The number of H-pyrrole nitrogens is 2. The van der Waals surface area contributed by atoms with Crippen LogP contribution in [0.4, 0.5) is 26.3 Å². The largest absolute Gasteiger partial charge is 0.508 e. The van der Waals surface area contributed by atoms with Crippen molar-refractivity contribution in [2.45, 2.75) is 18.3 Å². The minimum Gasteiger partial charge on any atom is -0.508 e. The van der Waals surface area contributed by atoms with Gasteiger partial charge in [0.05, 0.1) is 22.5 Å². The van der Waals surface area contributed by atoms with Crippen molar-refractivity contribution in [3.05, 3.63) is 134 Å². The van der Waals surface area contributed by atoms with E-state index < -0.39 is 51.9 Å². The van der Waals surface area contributed by atoms with E-state index in [-0.39, 0.29) is 22.7 Å². The second-order valence-corrected chi connectivity index (χ2v) is 8.77. The van der Waals surface area contributed by atoms with Crippen LogP contribution in [-0.4, -0.2) is 24.7 Å². The molecule has 3 aromatic carbocycles. The third-order valence-corrected chi connectivity index (χ3v) is 6.25. The molecule has 0 aliphatic rings. The Hall–Kier alpha value is -4.94. The Morgan fingerprint density at radius 2 is 0.975 bits per heavy atom. The number of phenolic OH excluding ortho intramolecular Hbond substituents is 1. The molecule has 3 N–H and O–H groups in total. The van der Waals surface area contributed by atoms with Crippen molar-refractivity contribution >= 4 is 0 Å². The zero-order chi connectivity index (χ0) is 28.8. The Bertz CT molecular complexity index is 1650. The van der Waals surface area contributed by atoms with Crippen LogP contribution in [0.15, 0.2) is 94.5 Å². The Balaban J connectivity index is 1.91. The van der Waals surface area contributed by atoms with Crippen LogP contribution in [-0.2, 0) is 12.4 Å². The normalized spacial score (nSPS) is 12.3. The molecule has 0 fully saturated rings. The summed E-state index contributed by atoms with van der Waals surface area (Å²) in [5, 5.41) is 13.7. The standard InChI is InChI=1S/C27H18F6N4O3/c28-26(29,30)22-20(24(39)36(34-22)16-7-3-1-4-8-16)19(15-11-13-18(38)14-12-15)21-23(27(31,32)33)35-37(25(21)40)17-9-5-2-6-10-17/h1-14,19,34-35,38H. The summed E-state index contributed by atoms with van der Waals surface area (Å²) >= 11 is 0. The number of aromatic nitrogens is 4. The number of hydrogen-bond donors (Lipinski definition) is 3. The first-order valence-electron chi connectivity index (χ1n) is 11.6. The summed E-state index contributed by atoms with van der Waals surface area (Å²) in [4.78, 5) is 27.2. The minimum absolute atomic E-state index is 0.0134. The smallest absolute Gasteiger partial charge is 0.433 e. The van der Waals surface area contributed by atoms with Gasteiger partial charge in [0.25, 0.3) is 11.1 Å². The molecule has 0 aliphatic carbocycles. The zero-order valence-corrected chi connectivity index (χ0v) is 20.1. The van der Waals surface area contributed by atoms with Crippen molar-refractivity contribution < 1.29 is 31.4 Å². The fraction of sp³-hybridized carbons (Fsp3) is 0.111. The summed E-state index contributed by atoms with van der Waals surface area (Å²) in [5.41, 5.74) is -8.40. The van der Waals surface area contributed by atoms with Crippen molar-refractivity contribution in [3.63, 3.8) is 0 Å². The minimum atomic E-state index is -5.23. The van der Waals surface area contributed by atoms with E-state index in [0.717, 1.165) is 24.3 Å². The first-order valence-corrected chi connectivity index (χ1v) is 11.6. The number of nitrogens with zero attached hydrogens (tertiary/aromatic N) is 2. The van der Waals surface area contributed by atoms with Crippen molar-refractivity contribution in [3.8, 4) is 17.1 Å². The third-order valence-electron chi connectivity index (χ3n) is 6.25. The highest BCUT2D eigenvalue weighted by molar-refractivity contribution is 5.49. The lowest BCUT2D eigenvalue weighted by Gasteiger charge is -2.19. The summed E-state index contributed by atoms with van der Waals surface area (Å²) in [5.74, 6) is -2.47. The Morgan fingerprint density at radius 3 is 1.32 bits per heavy atom. The first kappa shape index (κ1) is 26.7. The maximum atomic E-state index is 14.4. The number of aromatic hydroxyl groups is 1. The Morgan fingerprint density at radius 1 is 0.600 bits per heavy atom. The molecule has 7 nitrogen and oxygen atoms in total. The lowest BCUT2D eigenvalue weighted by Crippen LogP contribution is -2.27. The molecule has 0 atom stereocenters. The van der Waals surface area contributed by atoms with Gasteiger partial charge in [0.2, 0.25) is 0 Å². The van der Waals surface area contributed by atoms with Crippen molar-refractivity contribution in [2.24, 2.45) is 0 Å². The molecule has 5 rings (SSSR count). The Kier molecular flexibility index (Phi) is 6.44. The number of alkyl halides is 6. The molecule has 0 saturated heterocycles. The van der Waals surface area contributed by atoms with Crippen molar-refractivity contribution in [2.75, 3.05) is 0 Å². The van der Waals surface area contributed by atoms with Gasteiger partial charge in [-0.15, -0.1) is 0 Å². The summed E-state index contributed by atoms with van der Waals surface area (Å²) < 4.78 is 87.4. The van der Waals surface area contributed by atoms with E-state index in [1.807, 2.05) is 10.2 Å². The van der Waals surface area contributed by atoms with Gasteiger partial charge in [0.1, 0.15) is 17.1 Å². The van der Waals surface area contributed by atoms with Gasteiger partial charge >= 0.3 is 12.4 Å². The van der Waals surface area contributed by atoms with Crippen molar-refractivity contribution in [1.82, 2.24) is 19.6 Å². The molecule has 0 bridgehead atoms. The van der Waals surface area contributed by atoms with Gasteiger partial charge in [-0.3, -0.25) is 19.8 Å². The molecular weight excluding hydrogens is 542 g/mol. The molecule has 206 valence electrons. The lowest BCUT2D eigenvalue weighted by molar-refractivity contribution is -0.142. The molecule has 0 saturated carbocycles. The van der Waals surface area contributed by atoms with Gasteiger partial charge in [-0.05, 0) is 42.0 Å². The zero-order valence-electron chi connectivity index (χ0n) is 20.1. The Labute approximate surface area is 220 Å². The average Bonchev–Trinajstić information content (AvgIpc) is 3.44. The van der Waals surface area contributed by atoms with Crippen LogP contribution in [0.1, 0.15) is 34.0 Å². The maximum Gasteiger partial charge on any atom is 0.433 e. The second kappa shape index (κ2) is 9.67. The number of phenols is 1. The summed E-state index contributed by atoms with van der Waals surface area (Å²) in [7, 11) is 0. The van der Waals surface area contributed by atoms with E-state index >= 15 is 0 Å². The van der Waals surface area contributed by atoms with Gasteiger partial charge < -0.3 is 5.11 Å². The lowest BCUT2D eigenvalue weighted by atomic mass is 9.84. The molecule has 0 radical (unpaired) electrons. The predicted octanol–water partition coefficient (Wildman–Crippen LogP) is 5.57. The van der Waals surface area contributed by atoms with Crippen LogP contribution in [0.5, 0.6) is 5.75 Å². The predicted molar refractivity (Wildman–Crippen MR) is 132 cm³/mol. The van der Waals surface area contributed by atoms with Gasteiger partial charge in [-0.1, -0.05) is 48.5 Å². The molecule has 2 heterocycles. The SMILES string of the molecule is O=c1c(C(c2ccc(O)cc2)c2c(C(F)(F)F)[nH]n(-c3ccccc3)c2=O)c(C(F)(F)F)[nH]n1-c1ccccc1. The van der Waals surface area contributed by atoms with Gasteiger partial charge in [-0.2, -0.15) is 26.3 Å². The monoisotopic (exact) mass is 560 g/mol. The van der Waals surface area contributed by atoms with Gasteiger partial charge in [0, 0.05) is 5.92 Å². The van der Waals surface area contributed by atoms with E-state index in [9.17, 15) is 41.0 Å². The highest BCUT2D eigenvalue weighted by Gasteiger charge is 2.46. The molecule has 0 unspecified atom stereocenters. The van der Waals surface area contributed by atoms with Crippen LogP contribution in [0, 0.1) is 0 Å². The summed E-state index contributed by atoms with van der Waals surface area (Å²) in [6, 6.07) is 18.5. The van der Waals surface area contributed by atoms with E-state index in [1.165, 1.54) is 48.5 Å². The molecule has 2 aromatic heterocycles. The van der Waals surface area contributed by atoms with E-state index in [0.29, 0.717) is 9.36 Å². The molecule has 0 aliphatic heterocycles. The summed E-state index contributed by atoms with van der Waals surface area (Å²) in [6.07, 6.45) is -10.5. The molecule has 0 amide bonds. The number of benzene rings is 3. The number of halogens is 6. The van der Waals surface area contributed by atoms with Crippen molar-refractivity contribution in [1.29, 1.82) is 0 Å². The second-order valence-electron chi connectivity index (χ2n) is 8.77. The van der Waals surface area contributed by atoms with E-state index in [4.69, 9.17) is 0 Å². The molecule has 13 heteroatoms. The average molecular weight is 560 g/mol. The third kappa shape index (κ3) is 4.70. The van der Waals surface area contributed by atoms with Crippen LogP contribution < -0.4 is 11.1 Å². The van der Waals surface area contributed by atoms with Crippen LogP contribution in [0.3, 0.4) is 0 Å². The number of rotatable bonds is 5.